The number of methoxy groups -OCH3 is 1. The summed E-state index contributed by atoms with van der Waals surface area (Å²) in [6.07, 6.45) is 7.53. The van der Waals surface area contributed by atoms with E-state index < -0.39 is 0 Å². The maximum atomic E-state index is 5.12. The summed E-state index contributed by atoms with van der Waals surface area (Å²) >= 11 is 0. The number of piperazine rings is 1. The van der Waals surface area contributed by atoms with E-state index in [-0.39, 0.29) is 0 Å². The number of hydrogen-bond donors (Lipinski definition) is 1. The van der Waals surface area contributed by atoms with Crippen molar-refractivity contribution in [3.8, 4) is 0 Å². The van der Waals surface area contributed by atoms with Crippen LogP contribution in [0.2, 0.25) is 0 Å². The molecule has 0 bridgehead atoms. The van der Waals surface area contributed by atoms with Crippen LogP contribution in [0, 0.1) is 0 Å². The first kappa shape index (κ1) is 16.9. The Morgan fingerprint density at radius 1 is 1.16 bits per heavy atom. The molecule has 0 aliphatic carbocycles. The Hall–Kier alpha value is -0.120. The number of nitrogens with one attached hydrogen (secondary N) is 1. The van der Waals surface area contributed by atoms with Gasteiger partial charge in [-0.25, -0.2) is 0 Å². The van der Waals surface area contributed by atoms with E-state index in [2.05, 4.69) is 31.0 Å². The van der Waals surface area contributed by atoms with E-state index >= 15 is 0 Å². The Morgan fingerprint density at radius 3 is 2.47 bits per heavy atom. The van der Waals surface area contributed by atoms with Gasteiger partial charge in [0, 0.05) is 38.4 Å². The van der Waals surface area contributed by atoms with Crippen LogP contribution in [-0.2, 0) is 4.74 Å². The molecular weight excluding hydrogens is 236 g/mol. The zero-order chi connectivity index (χ0) is 14.1. The lowest BCUT2D eigenvalue weighted by atomic mass is 9.88. The van der Waals surface area contributed by atoms with Crippen LogP contribution < -0.4 is 5.32 Å². The van der Waals surface area contributed by atoms with Gasteiger partial charge in [0.1, 0.15) is 0 Å². The molecule has 1 unspecified atom stereocenters. The highest BCUT2D eigenvalue weighted by Crippen LogP contribution is 2.24. The van der Waals surface area contributed by atoms with Gasteiger partial charge in [0.2, 0.25) is 0 Å². The minimum Gasteiger partial charge on any atom is -0.385 e. The predicted octanol–water partition coefficient (Wildman–Crippen LogP) is 3.05. The summed E-state index contributed by atoms with van der Waals surface area (Å²) in [7, 11) is 1.79. The van der Waals surface area contributed by atoms with Gasteiger partial charge < -0.3 is 10.1 Å². The van der Waals surface area contributed by atoms with Gasteiger partial charge in [0.05, 0.1) is 0 Å². The normalized spacial score (nSPS) is 23.7. The first-order chi connectivity index (χ1) is 9.21. The van der Waals surface area contributed by atoms with E-state index in [4.69, 9.17) is 4.74 Å². The van der Waals surface area contributed by atoms with E-state index in [1.807, 2.05) is 0 Å². The summed E-state index contributed by atoms with van der Waals surface area (Å²) in [4.78, 5) is 2.73. The Kier molecular flexibility index (Phi) is 7.96. The third-order valence-electron chi connectivity index (χ3n) is 4.85. The molecule has 1 fully saturated rings. The van der Waals surface area contributed by atoms with Gasteiger partial charge in [0.15, 0.2) is 0 Å². The highest BCUT2D eigenvalue weighted by atomic mass is 16.5. The molecule has 1 saturated heterocycles. The molecule has 0 aromatic rings. The lowest BCUT2D eigenvalue weighted by molar-refractivity contribution is 0.0684. The topological polar surface area (TPSA) is 24.5 Å². The zero-order valence-electron chi connectivity index (χ0n) is 13.5. The Bertz CT molecular complexity index is 229. The molecule has 1 heterocycles. The van der Waals surface area contributed by atoms with Crippen molar-refractivity contribution < 1.29 is 4.74 Å². The van der Waals surface area contributed by atoms with E-state index in [1.165, 1.54) is 51.6 Å². The Balaban J connectivity index is 2.41. The fourth-order valence-electron chi connectivity index (χ4n) is 3.16. The molecule has 1 aliphatic rings. The molecule has 3 nitrogen and oxygen atoms in total. The SMILES string of the molecule is CCC1CNC(CC)(CC)CN1CCCCCOC. The molecule has 0 radical (unpaired) electrons. The largest absolute Gasteiger partial charge is 0.385 e. The van der Waals surface area contributed by atoms with Crippen molar-refractivity contribution in [2.24, 2.45) is 0 Å². The number of rotatable bonds is 9. The summed E-state index contributed by atoms with van der Waals surface area (Å²) in [5.41, 5.74) is 0.359. The van der Waals surface area contributed by atoms with Crippen LogP contribution in [0.25, 0.3) is 0 Å². The van der Waals surface area contributed by atoms with Gasteiger partial charge in [-0.2, -0.15) is 0 Å². The van der Waals surface area contributed by atoms with E-state index in [9.17, 15) is 0 Å². The number of nitrogens with zero attached hydrogens (tertiary/aromatic N) is 1. The van der Waals surface area contributed by atoms with E-state index in [0.717, 1.165) is 19.2 Å². The fourth-order valence-corrected chi connectivity index (χ4v) is 3.16. The Morgan fingerprint density at radius 2 is 1.89 bits per heavy atom. The molecule has 19 heavy (non-hydrogen) atoms. The maximum Gasteiger partial charge on any atom is 0.0462 e. The lowest BCUT2D eigenvalue weighted by Crippen LogP contribution is -2.63. The predicted molar refractivity (Wildman–Crippen MR) is 82.7 cm³/mol. The highest BCUT2D eigenvalue weighted by Gasteiger charge is 2.35. The minimum atomic E-state index is 0.359. The van der Waals surface area contributed by atoms with Crippen LogP contribution >= 0.6 is 0 Å². The highest BCUT2D eigenvalue weighted by molar-refractivity contribution is 4.96. The van der Waals surface area contributed by atoms with Gasteiger partial charge >= 0.3 is 0 Å². The minimum absolute atomic E-state index is 0.359. The standard InChI is InChI=1S/C16H34N2O/c1-5-15-13-17-16(6-2,7-3)14-18(15)11-9-8-10-12-19-4/h15,17H,5-14H2,1-4H3. The van der Waals surface area contributed by atoms with E-state index in [0.29, 0.717) is 5.54 Å². The van der Waals surface area contributed by atoms with Crippen molar-refractivity contribution in [2.45, 2.75) is 70.9 Å². The van der Waals surface area contributed by atoms with Crippen LogP contribution in [0.5, 0.6) is 0 Å². The van der Waals surface area contributed by atoms with Crippen molar-refractivity contribution >= 4 is 0 Å². The first-order valence-corrected chi connectivity index (χ1v) is 8.19. The van der Waals surface area contributed by atoms with Crippen LogP contribution in [0.1, 0.15) is 59.3 Å². The average molecular weight is 270 g/mol. The molecule has 3 heteroatoms. The summed E-state index contributed by atoms with van der Waals surface area (Å²) in [5.74, 6) is 0. The van der Waals surface area contributed by atoms with Crippen molar-refractivity contribution in [1.82, 2.24) is 10.2 Å². The lowest BCUT2D eigenvalue weighted by Gasteiger charge is -2.47. The number of hydrogen-bond acceptors (Lipinski definition) is 3. The molecule has 1 atom stereocenters. The monoisotopic (exact) mass is 270 g/mol. The molecule has 1 N–H and O–H groups in total. The van der Waals surface area contributed by atoms with Crippen LogP contribution in [-0.4, -0.2) is 49.8 Å². The van der Waals surface area contributed by atoms with Crippen molar-refractivity contribution in [2.75, 3.05) is 33.4 Å². The molecular formula is C16H34N2O. The van der Waals surface area contributed by atoms with Crippen molar-refractivity contribution in [1.29, 1.82) is 0 Å². The van der Waals surface area contributed by atoms with Crippen LogP contribution in [0.4, 0.5) is 0 Å². The quantitative estimate of drug-likeness (QED) is 0.652. The number of unbranched alkanes of at least 4 members (excludes halogenated alkanes) is 2. The molecule has 1 rings (SSSR count). The third-order valence-corrected chi connectivity index (χ3v) is 4.85. The average Bonchev–Trinajstić information content (AvgIpc) is 2.46. The summed E-state index contributed by atoms with van der Waals surface area (Å²) in [5, 5.41) is 3.81. The van der Waals surface area contributed by atoms with Gasteiger partial charge in [-0.3, -0.25) is 4.90 Å². The van der Waals surface area contributed by atoms with Crippen LogP contribution in [0.15, 0.2) is 0 Å². The van der Waals surface area contributed by atoms with Crippen molar-refractivity contribution in [3.63, 3.8) is 0 Å². The maximum absolute atomic E-state index is 5.12. The summed E-state index contributed by atoms with van der Waals surface area (Å²) < 4.78 is 5.12. The van der Waals surface area contributed by atoms with Gasteiger partial charge in [-0.15, -0.1) is 0 Å². The van der Waals surface area contributed by atoms with Gasteiger partial charge in [0.25, 0.3) is 0 Å². The second-order valence-electron chi connectivity index (χ2n) is 5.95. The molecule has 0 aromatic carbocycles. The first-order valence-electron chi connectivity index (χ1n) is 8.19. The van der Waals surface area contributed by atoms with E-state index in [1.54, 1.807) is 7.11 Å². The zero-order valence-corrected chi connectivity index (χ0v) is 13.5. The summed E-state index contributed by atoms with van der Waals surface area (Å²) in [6, 6.07) is 0.730. The third kappa shape index (κ3) is 5.05. The van der Waals surface area contributed by atoms with Gasteiger partial charge in [-0.05, 0) is 45.1 Å². The molecule has 0 saturated carbocycles. The molecule has 114 valence electrons. The molecule has 1 aliphatic heterocycles. The van der Waals surface area contributed by atoms with Crippen molar-refractivity contribution in [3.05, 3.63) is 0 Å². The molecule has 0 aromatic heterocycles. The van der Waals surface area contributed by atoms with Gasteiger partial charge in [-0.1, -0.05) is 20.8 Å². The summed E-state index contributed by atoms with van der Waals surface area (Å²) in [6.45, 7) is 11.5. The second-order valence-corrected chi connectivity index (χ2v) is 5.95. The fraction of sp³-hybridized carbons (Fsp3) is 1.00. The number of ether oxygens (including phenoxy) is 1. The molecule has 0 spiro atoms. The molecule has 0 amide bonds. The Labute approximate surface area is 120 Å². The van der Waals surface area contributed by atoms with Crippen LogP contribution in [0.3, 0.4) is 0 Å². The smallest absolute Gasteiger partial charge is 0.0462 e. The second kappa shape index (κ2) is 8.93.